The largest absolute Gasteiger partial charge is 0.481 e. The number of rotatable bonds is 3. The summed E-state index contributed by atoms with van der Waals surface area (Å²) in [4.78, 5) is 13.5. The average molecular weight is 285 g/mol. The highest BCUT2D eigenvalue weighted by molar-refractivity contribution is 7.99. The van der Waals surface area contributed by atoms with Gasteiger partial charge in [0.05, 0.1) is 12.0 Å². The molecule has 3 rings (SSSR count). The lowest BCUT2D eigenvalue weighted by atomic mass is 9.88. The van der Waals surface area contributed by atoms with E-state index in [0.717, 1.165) is 44.6 Å². The second-order valence-electron chi connectivity index (χ2n) is 6.11. The fourth-order valence-electron chi connectivity index (χ4n) is 3.91. The van der Waals surface area contributed by atoms with Crippen molar-refractivity contribution in [3.8, 4) is 0 Å². The van der Waals surface area contributed by atoms with Gasteiger partial charge in [-0.05, 0) is 44.4 Å². The first-order chi connectivity index (χ1) is 9.19. The van der Waals surface area contributed by atoms with Gasteiger partial charge >= 0.3 is 5.97 Å². The van der Waals surface area contributed by atoms with Gasteiger partial charge in [-0.3, -0.25) is 9.69 Å². The Morgan fingerprint density at radius 1 is 1.47 bits per heavy atom. The molecule has 0 radical (unpaired) electrons. The Bertz CT molecular complexity index is 344. The monoisotopic (exact) mass is 285 g/mol. The van der Waals surface area contributed by atoms with Crippen LogP contribution < -0.4 is 0 Å². The van der Waals surface area contributed by atoms with Crippen molar-refractivity contribution in [2.45, 2.75) is 56.2 Å². The highest BCUT2D eigenvalue weighted by Crippen LogP contribution is 2.41. The highest BCUT2D eigenvalue weighted by atomic mass is 32.2. The molecule has 1 N–H and O–H groups in total. The van der Waals surface area contributed by atoms with Crippen molar-refractivity contribution >= 4 is 17.7 Å². The molecule has 0 amide bonds. The Balaban J connectivity index is 1.65. The lowest BCUT2D eigenvalue weighted by Crippen LogP contribution is -2.50. The minimum atomic E-state index is -0.657. The number of hydrogen-bond donors (Lipinski definition) is 1. The number of thioether (sulfide) groups is 1. The van der Waals surface area contributed by atoms with Crippen LogP contribution in [0.3, 0.4) is 0 Å². The molecular formula is C14H23NO3S. The molecule has 108 valence electrons. The maximum atomic E-state index is 11.0. The van der Waals surface area contributed by atoms with Crippen LogP contribution in [-0.2, 0) is 9.53 Å². The van der Waals surface area contributed by atoms with Crippen LogP contribution in [0.5, 0.6) is 0 Å². The number of nitrogens with zero attached hydrogens (tertiary/aromatic N) is 1. The van der Waals surface area contributed by atoms with Crippen molar-refractivity contribution in [1.82, 2.24) is 4.90 Å². The third-order valence-electron chi connectivity index (χ3n) is 4.84. The van der Waals surface area contributed by atoms with Gasteiger partial charge < -0.3 is 9.84 Å². The average Bonchev–Trinajstić information content (AvgIpc) is 2.99. The molecule has 5 heteroatoms. The Kier molecular flexibility index (Phi) is 4.06. The number of likely N-dealkylation sites (tertiary alicyclic amines) is 1. The summed E-state index contributed by atoms with van der Waals surface area (Å²) >= 11 is 2.00. The fourth-order valence-corrected chi connectivity index (χ4v) is 5.29. The minimum absolute atomic E-state index is 0.101. The molecule has 3 aliphatic rings. The zero-order chi connectivity index (χ0) is 13.3. The quantitative estimate of drug-likeness (QED) is 0.859. The molecule has 19 heavy (non-hydrogen) atoms. The second kappa shape index (κ2) is 5.62. The Hall–Kier alpha value is -0.260. The summed E-state index contributed by atoms with van der Waals surface area (Å²) in [5.41, 5.74) is 0.101. The molecule has 0 aromatic heterocycles. The van der Waals surface area contributed by atoms with E-state index in [4.69, 9.17) is 9.84 Å². The normalized spacial score (nSPS) is 40.0. The third-order valence-corrected chi connectivity index (χ3v) is 6.06. The molecule has 3 atom stereocenters. The Morgan fingerprint density at radius 3 is 3.11 bits per heavy atom. The maximum Gasteiger partial charge on any atom is 0.304 e. The molecule has 0 saturated carbocycles. The van der Waals surface area contributed by atoms with Crippen LogP contribution in [0.25, 0.3) is 0 Å². The van der Waals surface area contributed by atoms with Gasteiger partial charge in [-0.1, -0.05) is 0 Å². The summed E-state index contributed by atoms with van der Waals surface area (Å²) in [6, 6.07) is 0.797. The zero-order valence-corrected chi connectivity index (χ0v) is 12.2. The SMILES string of the molecule is O=C(O)CC1CCCN1C1CCOC2(CCSC2)C1. The summed E-state index contributed by atoms with van der Waals surface area (Å²) in [7, 11) is 0. The van der Waals surface area contributed by atoms with Gasteiger partial charge in [0.2, 0.25) is 0 Å². The zero-order valence-electron chi connectivity index (χ0n) is 11.3. The van der Waals surface area contributed by atoms with E-state index >= 15 is 0 Å². The molecule has 0 aliphatic carbocycles. The van der Waals surface area contributed by atoms with E-state index in [9.17, 15) is 4.79 Å². The van der Waals surface area contributed by atoms with Crippen LogP contribution in [0.2, 0.25) is 0 Å². The molecule has 0 aromatic rings. The van der Waals surface area contributed by atoms with E-state index in [-0.39, 0.29) is 11.6 Å². The smallest absolute Gasteiger partial charge is 0.304 e. The highest BCUT2D eigenvalue weighted by Gasteiger charge is 2.44. The summed E-state index contributed by atoms with van der Waals surface area (Å²) in [5.74, 6) is 1.68. The van der Waals surface area contributed by atoms with Gasteiger partial charge in [-0.2, -0.15) is 11.8 Å². The van der Waals surface area contributed by atoms with Crippen LogP contribution >= 0.6 is 11.8 Å². The van der Waals surface area contributed by atoms with E-state index in [0.29, 0.717) is 12.5 Å². The summed E-state index contributed by atoms with van der Waals surface area (Å²) < 4.78 is 6.07. The van der Waals surface area contributed by atoms with Crippen LogP contribution in [0.4, 0.5) is 0 Å². The molecule has 1 spiro atoms. The van der Waals surface area contributed by atoms with Gasteiger partial charge in [-0.25, -0.2) is 0 Å². The van der Waals surface area contributed by atoms with Crippen molar-refractivity contribution in [3.63, 3.8) is 0 Å². The summed E-state index contributed by atoms with van der Waals surface area (Å²) in [6.07, 6.45) is 5.85. The van der Waals surface area contributed by atoms with Gasteiger partial charge in [0.1, 0.15) is 0 Å². The number of carboxylic acids is 1. The molecule has 3 aliphatic heterocycles. The number of carbonyl (C=O) groups is 1. The topological polar surface area (TPSA) is 49.8 Å². The van der Waals surface area contributed by atoms with Gasteiger partial charge in [0.15, 0.2) is 0 Å². The Labute approximate surface area is 118 Å². The Morgan fingerprint density at radius 2 is 2.37 bits per heavy atom. The van der Waals surface area contributed by atoms with Crippen molar-refractivity contribution in [3.05, 3.63) is 0 Å². The lowest BCUT2D eigenvalue weighted by Gasteiger charge is -2.43. The van der Waals surface area contributed by atoms with Crippen molar-refractivity contribution in [2.24, 2.45) is 0 Å². The van der Waals surface area contributed by atoms with E-state index in [1.54, 1.807) is 0 Å². The van der Waals surface area contributed by atoms with Crippen molar-refractivity contribution in [2.75, 3.05) is 24.7 Å². The first-order valence-electron chi connectivity index (χ1n) is 7.38. The van der Waals surface area contributed by atoms with Crippen LogP contribution in [0.15, 0.2) is 0 Å². The standard InChI is InChI=1S/C14H23NO3S/c16-13(17)8-11-2-1-5-15(11)12-3-6-18-14(9-12)4-7-19-10-14/h11-12H,1-10H2,(H,16,17). The summed E-state index contributed by atoms with van der Waals surface area (Å²) in [6.45, 7) is 1.92. The number of carboxylic acid groups (broad SMARTS) is 1. The number of ether oxygens (including phenoxy) is 1. The van der Waals surface area contributed by atoms with Crippen LogP contribution in [0, 0.1) is 0 Å². The second-order valence-corrected chi connectivity index (χ2v) is 7.22. The van der Waals surface area contributed by atoms with Crippen molar-refractivity contribution in [1.29, 1.82) is 0 Å². The van der Waals surface area contributed by atoms with E-state index in [1.807, 2.05) is 11.8 Å². The molecular weight excluding hydrogens is 262 g/mol. The van der Waals surface area contributed by atoms with E-state index in [2.05, 4.69) is 4.90 Å². The van der Waals surface area contributed by atoms with Crippen LogP contribution in [0.1, 0.15) is 38.5 Å². The van der Waals surface area contributed by atoms with E-state index in [1.165, 1.54) is 12.2 Å². The fraction of sp³-hybridized carbons (Fsp3) is 0.929. The molecule has 3 unspecified atom stereocenters. The van der Waals surface area contributed by atoms with Gasteiger partial charge in [0, 0.05) is 24.4 Å². The molecule has 0 bridgehead atoms. The first-order valence-corrected chi connectivity index (χ1v) is 8.53. The summed E-state index contributed by atoms with van der Waals surface area (Å²) in [5, 5.41) is 9.04. The van der Waals surface area contributed by atoms with Crippen LogP contribution in [-0.4, -0.2) is 58.3 Å². The first kappa shape index (κ1) is 13.7. The molecule has 4 nitrogen and oxygen atoms in total. The number of hydrogen-bond acceptors (Lipinski definition) is 4. The van der Waals surface area contributed by atoms with Crippen molar-refractivity contribution < 1.29 is 14.6 Å². The van der Waals surface area contributed by atoms with E-state index < -0.39 is 5.97 Å². The van der Waals surface area contributed by atoms with Gasteiger partial charge in [-0.15, -0.1) is 0 Å². The lowest BCUT2D eigenvalue weighted by molar-refractivity contribution is -0.139. The number of aliphatic carboxylic acids is 1. The molecule has 3 fully saturated rings. The molecule has 3 saturated heterocycles. The predicted molar refractivity (Wildman–Crippen MR) is 75.6 cm³/mol. The molecule has 3 heterocycles. The van der Waals surface area contributed by atoms with Gasteiger partial charge in [0.25, 0.3) is 0 Å². The third kappa shape index (κ3) is 2.93. The predicted octanol–water partition coefficient (Wildman–Crippen LogP) is 1.98. The molecule has 0 aromatic carbocycles. The minimum Gasteiger partial charge on any atom is -0.481 e. The maximum absolute atomic E-state index is 11.0.